The Balaban J connectivity index is 1.78. The second-order valence-corrected chi connectivity index (χ2v) is 5.55. The monoisotopic (exact) mass is 319 g/mol. The van der Waals surface area contributed by atoms with Crippen molar-refractivity contribution < 1.29 is 13.9 Å². The fraction of sp³-hybridized carbons (Fsp3) is 0.235. The van der Waals surface area contributed by atoms with Gasteiger partial charge in [0.25, 0.3) is 5.91 Å². The Kier molecular flexibility index (Phi) is 4.41. The number of amides is 1. The van der Waals surface area contributed by atoms with Gasteiger partial charge in [0.15, 0.2) is 0 Å². The van der Waals surface area contributed by atoms with Crippen molar-refractivity contribution in [3.8, 4) is 0 Å². The van der Waals surface area contributed by atoms with Crippen molar-refractivity contribution in [2.24, 2.45) is 0 Å². The van der Waals surface area contributed by atoms with E-state index in [-0.39, 0.29) is 17.0 Å². The predicted molar refractivity (Wildman–Crippen MR) is 82.4 cm³/mol. The van der Waals surface area contributed by atoms with Gasteiger partial charge in [-0.15, -0.1) is 0 Å². The third kappa shape index (κ3) is 3.13. The van der Waals surface area contributed by atoms with Crippen LogP contribution in [-0.2, 0) is 4.74 Å². The van der Waals surface area contributed by atoms with Crippen LogP contribution in [0.15, 0.2) is 48.5 Å². The highest BCUT2D eigenvalue weighted by Gasteiger charge is 2.27. The number of ether oxygens (including phenoxy) is 1. The first-order chi connectivity index (χ1) is 10.6. The summed E-state index contributed by atoms with van der Waals surface area (Å²) in [6.45, 7) is 1.41. The highest BCUT2D eigenvalue weighted by Crippen LogP contribution is 2.25. The van der Waals surface area contributed by atoms with Crippen LogP contribution in [0.3, 0.4) is 0 Å². The quantitative estimate of drug-likeness (QED) is 0.845. The molecule has 1 saturated heterocycles. The zero-order valence-electron chi connectivity index (χ0n) is 11.8. The fourth-order valence-electron chi connectivity index (χ4n) is 2.54. The minimum Gasteiger partial charge on any atom is -0.370 e. The number of nitrogens with zero attached hydrogens (tertiary/aromatic N) is 1. The number of morpholine rings is 1. The Labute approximate surface area is 133 Å². The van der Waals surface area contributed by atoms with Crippen molar-refractivity contribution in [3.63, 3.8) is 0 Å². The molecule has 1 amide bonds. The molecular weight excluding hydrogens is 305 g/mol. The first kappa shape index (κ1) is 15.0. The van der Waals surface area contributed by atoms with E-state index >= 15 is 0 Å². The van der Waals surface area contributed by atoms with Crippen LogP contribution in [0.1, 0.15) is 22.0 Å². The molecule has 0 N–H and O–H groups in total. The summed E-state index contributed by atoms with van der Waals surface area (Å²) in [5, 5.41) is 0.132. The van der Waals surface area contributed by atoms with Gasteiger partial charge in [-0.3, -0.25) is 4.79 Å². The van der Waals surface area contributed by atoms with Crippen LogP contribution in [0.5, 0.6) is 0 Å². The van der Waals surface area contributed by atoms with Gasteiger partial charge in [0.2, 0.25) is 0 Å². The predicted octanol–water partition coefficient (Wildman–Crippen LogP) is 3.69. The van der Waals surface area contributed by atoms with Gasteiger partial charge in [0.1, 0.15) is 11.9 Å². The van der Waals surface area contributed by atoms with Crippen molar-refractivity contribution >= 4 is 17.5 Å². The van der Waals surface area contributed by atoms with Crippen LogP contribution < -0.4 is 0 Å². The molecule has 0 saturated carbocycles. The maximum absolute atomic E-state index is 13.1. The maximum Gasteiger partial charge on any atom is 0.255 e. The molecule has 1 heterocycles. The lowest BCUT2D eigenvalue weighted by molar-refractivity contribution is -0.0228. The third-order valence-electron chi connectivity index (χ3n) is 3.69. The number of carbonyl (C=O) groups excluding carboxylic acids is 1. The molecule has 0 radical (unpaired) electrons. The molecular formula is C17H15ClFNO2. The van der Waals surface area contributed by atoms with Crippen molar-refractivity contribution in [3.05, 3.63) is 70.5 Å². The Morgan fingerprint density at radius 3 is 2.73 bits per heavy atom. The smallest absolute Gasteiger partial charge is 0.255 e. The number of rotatable bonds is 2. The van der Waals surface area contributed by atoms with E-state index in [9.17, 15) is 9.18 Å². The van der Waals surface area contributed by atoms with Crippen LogP contribution >= 0.6 is 11.6 Å². The summed E-state index contributed by atoms with van der Waals surface area (Å²) in [6.07, 6.45) is -0.155. The molecule has 2 aromatic carbocycles. The zero-order chi connectivity index (χ0) is 15.5. The average molecular weight is 320 g/mol. The van der Waals surface area contributed by atoms with Crippen LogP contribution in [0, 0.1) is 5.82 Å². The number of carbonyl (C=O) groups is 1. The van der Waals surface area contributed by atoms with E-state index in [4.69, 9.17) is 16.3 Å². The van der Waals surface area contributed by atoms with Crippen LogP contribution in [0.4, 0.5) is 4.39 Å². The molecule has 1 aliphatic rings. The fourth-order valence-corrected chi connectivity index (χ4v) is 2.78. The van der Waals surface area contributed by atoms with E-state index in [1.807, 2.05) is 30.3 Å². The molecule has 0 spiro atoms. The van der Waals surface area contributed by atoms with Gasteiger partial charge >= 0.3 is 0 Å². The van der Waals surface area contributed by atoms with Gasteiger partial charge in [-0.05, 0) is 23.8 Å². The molecule has 0 unspecified atom stereocenters. The summed E-state index contributed by atoms with van der Waals surface area (Å²) < 4.78 is 18.8. The maximum atomic E-state index is 13.1. The Hall–Kier alpha value is -1.91. The molecule has 1 aliphatic heterocycles. The summed E-state index contributed by atoms with van der Waals surface area (Å²) in [7, 11) is 0. The second kappa shape index (κ2) is 6.46. The molecule has 0 bridgehead atoms. The Morgan fingerprint density at radius 1 is 1.23 bits per heavy atom. The highest BCUT2D eigenvalue weighted by atomic mass is 35.5. The number of hydrogen-bond donors (Lipinski definition) is 0. The number of benzene rings is 2. The first-order valence-electron chi connectivity index (χ1n) is 7.06. The summed E-state index contributed by atoms with van der Waals surface area (Å²) in [5.41, 5.74) is 1.35. The van der Waals surface area contributed by atoms with E-state index < -0.39 is 5.82 Å². The van der Waals surface area contributed by atoms with Gasteiger partial charge < -0.3 is 9.64 Å². The Bertz CT molecular complexity index is 678. The SMILES string of the molecule is O=C(c1ccc(F)cc1Cl)N1CCO[C@@H](c2ccccc2)C1. The van der Waals surface area contributed by atoms with Gasteiger partial charge in [0.05, 0.1) is 23.7 Å². The van der Waals surface area contributed by atoms with Gasteiger partial charge in [-0.2, -0.15) is 0 Å². The van der Waals surface area contributed by atoms with Crippen LogP contribution in [0.25, 0.3) is 0 Å². The average Bonchev–Trinajstić information content (AvgIpc) is 2.55. The normalized spacial score (nSPS) is 18.3. The molecule has 3 nitrogen and oxygen atoms in total. The standard InChI is InChI=1S/C17H15ClFNO2/c18-15-10-13(19)6-7-14(15)17(21)20-8-9-22-16(11-20)12-4-2-1-3-5-12/h1-7,10,16H,8-9,11H2/t16-/m1/s1. The summed E-state index contributed by atoms with van der Waals surface area (Å²) in [4.78, 5) is 14.3. The summed E-state index contributed by atoms with van der Waals surface area (Å²) in [5.74, 6) is -0.653. The highest BCUT2D eigenvalue weighted by molar-refractivity contribution is 6.33. The van der Waals surface area contributed by atoms with Gasteiger partial charge in [0, 0.05) is 6.54 Å². The molecule has 114 valence electrons. The lowest BCUT2D eigenvalue weighted by Gasteiger charge is -2.33. The summed E-state index contributed by atoms with van der Waals surface area (Å²) in [6, 6.07) is 13.6. The molecule has 0 aromatic heterocycles. The van der Waals surface area contributed by atoms with Crippen molar-refractivity contribution in [2.45, 2.75) is 6.10 Å². The number of halogens is 2. The molecule has 1 fully saturated rings. The van der Waals surface area contributed by atoms with E-state index in [1.54, 1.807) is 4.90 Å². The molecule has 1 atom stereocenters. The third-order valence-corrected chi connectivity index (χ3v) is 4.00. The molecule has 5 heteroatoms. The van der Waals surface area contributed by atoms with Gasteiger partial charge in [-0.25, -0.2) is 4.39 Å². The van der Waals surface area contributed by atoms with E-state index in [1.165, 1.54) is 12.1 Å². The van der Waals surface area contributed by atoms with Crippen LogP contribution in [-0.4, -0.2) is 30.5 Å². The Morgan fingerprint density at radius 2 is 2.00 bits per heavy atom. The van der Waals surface area contributed by atoms with Gasteiger partial charge in [-0.1, -0.05) is 41.9 Å². The van der Waals surface area contributed by atoms with Crippen LogP contribution in [0.2, 0.25) is 5.02 Å². The van der Waals surface area contributed by atoms with Crippen molar-refractivity contribution in [2.75, 3.05) is 19.7 Å². The largest absolute Gasteiger partial charge is 0.370 e. The minimum atomic E-state index is -0.453. The zero-order valence-corrected chi connectivity index (χ0v) is 12.6. The minimum absolute atomic E-state index is 0.132. The van der Waals surface area contributed by atoms with Crippen molar-refractivity contribution in [1.29, 1.82) is 0 Å². The summed E-state index contributed by atoms with van der Waals surface area (Å²) >= 11 is 5.98. The molecule has 0 aliphatic carbocycles. The van der Waals surface area contributed by atoms with Crippen molar-refractivity contribution in [1.82, 2.24) is 4.90 Å². The number of hydrogen-bond acceptors (Lipinski definition) is 2. The van der Waals surface area contributed by atoms with E-state index in [2.05, 4.69) is 0 Å². The second-order valence-electron chi connectivity index (χ2n) is 5.15. The first-order valence-corrected chi connectivity index (χ1v) is 7.44. The van der Waals surface area contributed by atoms with E-state index in [0.29, 0.717) is 25.3 Å². The molecule has 3 rings (SSSR count). The molecule has 2 aromatic rings. The molecule has 22 heavy (non-hydrogen) atoms. The van der Waals surface area contributed by atoms with E-state index in [0.717, 1.165) is 11.6 Å². The lowest BCUT2D eigenvalue weighted by Crippen LogP contribution is -2.42. The topological polar surface area (TPSA) is 29.5 Å². The lowest BCUT2D eigenvalue weighted by atomic mass is 10.1.